The predicted octanol–water partition coefficient (Wildman–Crippen LogP) is 4.84. The number of alkyl halides is 1. The fourth-order valence-corrected chi connectivity index (χ4v) is 2.80. The Morgan fingerprint density at radius 3 is 2.74 bits per heavy atom. The molecule has 0 N–H and O–H groups in total. The predicted molar refractivity (Wildman–Crippen MR) is 83.1 cm³/mol. The molecule has 1 heterocycles. The highest BCUT2D eigenvalue weighted by Crippen LogP contribution is 2.26. The third-order valence-corrected chi connectivity index (χ3v) is 3.89. The molecule has 96 valence electrons. The molecular formula is C15H12BrClN2. The lowest BCUT2D eigenvalue weighted by molar-refractivity contribution is 0.972. The Balaban J connectivity index is 2.36. The minimum Gasteiger partial charge on any atom is -0.295 e. The minimum absolute atomic E-state index is 0.390. The summed E-state index contributed by atoms with van der Waals surface area (Å²) in [5.74, 6) is 1.25. The smallest absolute Gasteiger partial charge is 0.129 e. The van der Waals surface area contributed by atoms with Crippen molar-refractivity contribution >= 4 is 38.6 Å². The Hall–Kier alpha value is -1.32. The number of aryl methyl sites for hydroxylation is 1. The topological polar surface area (TPSA) is 17.8 Å². The van der Waals surface area contributed by atoms with E-state index in [1.165, 1.54) is 5.56 Å². The van der Waals surface area contributed by atoms with Crippen LogP contribution in [0.5, 0.6) is 0 Å². The molecule has 0 atom stereocenters. The number of para-hydroxylation sites is 1. The summed E-state index contributed by atoms with van der Waals surface area (Å²) >= 11 is 9.53. The largest absolute Gasteiger partial charge is 0.295 e. The molecule has 0 aliphatic heterocycles. The lowest BCUT2D eigenvalue weighted by atomic mass is 10.2. The lowest BCUT2D eigenvalue weighted by Crippen LogP contribution is -2.01. The number of halogens is 2. The Morgan fingerprint density at radius 2 is 2.00 bits per heavy atom. The molecule has 2 aromatic carbocycles. The fraction of sp³-hybridized carbons (Fsp3) is 0.133. The molecule has 0 saturated heterocycles. The fourth-order valence-electron chi connectivity index (χ4n) is 2.28. The van der Waals surface area contributed by atoms with Crippen LogP contribution in [-0.4, -0.2) is 9.55 Å². The van der Waals surface area contributed by atoms with Crippen LogP contribution in [0, 0.1) is 6.92 Å². The number of hydrogen-bond donors (Lipinski definition) is 0. The van der Waals surface area contributed by atoms with Gasteiger partial charge in [0.25, 0.3) is 0 Å². The van der Waals surface area contributed by atoms with E-state index in [9.17, 15) is 0 Å². The van der Waals surface area contributed by atoms with Crippen LogP contribution in [0.4, 0.5) is 0 Å². The summed E-state index contributed by atoms with van der Waals surface area (Å²) in [7, 11) is 0. The number of aromatic nitrogens is 2. The summed E-state index contributed by atoms with van der Waals surface area (Å²) in [4.78, 5) is 4.61. The van der Waals surface area contributed by atoms with Crippen molar-refractivity contribution < 1.29 is 0 Å². The van der Waals surface area contributed by atoms with Crippen molar-refractivity contribution in [1.82, 2.24) is 9.55 Å². The van der Waals surface area contributed by atoms with Gasteiger partial charge in [-0.15, -0.1) is 11.6 Å². The normalized spacial score (nSPS) is 11.1. The van der Waals surface area contributed by atoms with E-state index in [1.54, 1.807) is 0 Å². The van der Waals surface area contributed by atoms with Crippen molar-refractivity contribution in [3.05, 3.63) is 58.3 Å². The third kappa shape index (κ3) is 2.17. The summed E-state index contributed by atoms with van der Waals surface area (Å²) in [6, 6.07) is 14.4. The van der Waals surface area contributed by atoms with Gasteiger partial charge in [0.05, 0.1) is 22.6 Å². The van der Waals surface area contributed by atoms with Gasteiger partial charge in [0.1, 0.15) is 5.82 Å². The first-order valence-corrected chi connectivity index (χ1v) is 7.32. The molecule has 0 spiro atoms. The van der Waals surface area contributed by atoms with E-state index in [0.29, 0.717) is 5.88 Å². The molecular weight excluding hydrogens is 324 g/mol. The molecule has 3 aromatic rings. The van der Waals surface area contributed by atoms with Crippen molar-refractivity contribution in [1.29, 1.82) is 0 Å². The average molecular weight is 336 g/mol. The standard InChI is InChI=1S/C15H12BrClN2/c1-10-4-2-3-5-13(10)19-14-7-6-11(16)8-12(14)18-15(19)9-17/h2-8H,9H2,1H3. The summed E-state index contributed by atoms with van der Waals surface area (Å²) < 4.78 is 3.15. The van der Waals surface area contributed by atoms with E-state index in [0.717, 1.165) is 27.0 Å². The van der Waals surface area contributed by atoms with Gasteiger partial charge >= 0.3 is 0 Å². The third-order valence-electron chi connectivity index (χ3n) is 3.16. The number of rotatable bonds is 2. The highest BCUT2D eigenvalue weighted by molar-refractivity contribution is 9.10. The molecule has 0 radical (unpaired) electrons. The zero-order valence-corrected chi connectivity index (χ0v) is 12.7. The highest BCUT2D eigenvalue weighted by Gasteiger charge is 2.13. The molecule has 3 rings (SSSR count). The first kappa shape index (κ1) is 12.7. The van der Waals surface area contributed by atoms with Gasteiger partial charge in [-0.25, -0.2) is 4.98 Å². The maximum atomic E-state index is 6.05. The quantitative estimate of drug-likeness (QED) is 0.613. The Labute approximate surface area is 125 Å². The number of benzene rings is 2. The molecule has 4 heteroatoms. The van der Waals surface area contributed by atoms with Crippen LogP contribution < -0.4 is 0 Å². The molecule has 0 unspecified atom stereocenters. The van der Waals surface area contributed by atoms with Crippen molar-refractivity contribution in [3.63, 3.8) is 0 Å². The van der Waals surface area contributed by atoms with Crippen molar-refractivity contribution in [3.8, 4) is 5.69 Å². The number of imidazole rings is 1. The van der Waals surface area contributed by atoms with E-state index >= 15 is 0 Å². The molecule has 1 aromatic heterocycles. The SMILES string of the molecule is Cc1ccccc1-n1c(CCl)nc2cc(Br)ccc21. The van der Waals surface area contributed by atoms with Gasteiger partial charge < -0.3 is 0 Å². The maximum absolute atomic E-state index is 6.05. The van der Waals surface area contributed by atoms with Gasteiger partial charge in [-0.1, -0.05) is 34.1 Å². The molecule has 19 heavy (non-hydrogen) atoms. The number of nitrogens with zero attached hydrogens (tertiary/aromatic N) is 2. The second kappa shape index (κ2) is 4.99. The summed E-state index contributed by atoms with van der Waals surface area (Å²) in [5, 5.41) is 0. The van der Waals surface area contributed by atoms with Gasteiger partial charge in [-0.3, -0.25) is 4.57 Å². The molecule has 0 amide bonds. The van der Waals surface area contributed by atoms with E-state index < -0.39 is 0 Å². The van der Waals surface area contributed by atoms with Crippen molar-refractivity contribution in [2.45, 2.75) is 12.8 Å². The van der Waals surface area contributed by atoms with E-state index in [4.69, 9.17) is 11.6 Å². The average Bonchev–Trinajstić information content (AvgIpc) is 2.76. The van der Waals surface area contributed by atoms with Crippen LogP contribution in [-0.2, 0) is 5.88 Å². The van der Waals surface area contributed by atoms with Crippen LogP contribution in [0.1, 0.15) is 11.4 Å². The van der Waals surface area contributed by atoms with Gasteiger partial charge in [0.15, 0.2) is 0 Å². The zero-order chi connectivity index (χ0) is 13.4. The van der Waals surface area contributed by atoms with Crippen LogP contribution in [0.2, 0.25) is 0 Å². The Morgan fingerprint density at radius 1 is 1.21 bits per heavy atom. The van der Waals surface area contributed by atoms with Gasteiger partial charge in [0.2, 0.25) is 0 Å². The lowest BCUT2D eigenvalue weighted by Gasteiger charge is -2.10. The van der Waals surface area contributed by atoms with Crippen LogP contribution in [0.25, 0.3) is 16.7 Å². The second-order valence-electron chi connectivity index (χ2n) is 4.42. The number of fused-ring (bicyclic) bond motifs is 1. The van der Waals surface area contributed by atoms with Crippen LogP contribution in [0.3, 0.4) is 0 Å². The van der Waals surface area contributed by atoms with E-state index in [2.05, 4.69) is 50.6 Å². The second-order valence-corrected chi connectivity index (χ2v) is 5.60. The first-order chi connectivity index (χ1) is 9.20. The molecule has 0 fully saturated rings. The molecule has 0 aliphatic carbocycles. The molecule has 2 nitrogen and oxygen atoms in total. The zero-order valence-electron chi connectivity index (χ0n) is 10.4. The van der Waals surface area contributed by atoms with E-state index in [1.807, 2.05) is 24.3 Å². The van der Waals surface area contributed by atoms with Gasteiger partial charge in [0, 0.05) is 4.47 Å². The molecule has 0 saturated carbocycles. The van der Waals surface area contributed by atoms with E-state index in [-0.39, 0.29) is 0 Å². The molecule has 0 bridgehead atoms. The number of hydrogen-bond acceptors (Lipinski definition) is 1. The molecule has 0 aliphatic rings. The minimum atomic E-state index is 0.390. The highest BCUT2D eigenvalue weighted by atomic mass is 79.9. The van der Waals surface area contributed by atoms with Gasteiger partial charge in [-0.2, -0.15) is 0 Å². The van der Waals surface area contributed by atoms with Gasteiger partial charge in [-0.05, 0) is 36.8 Å². The Kier molecular flexibility index (Phi) is 3.33. The van der Waals surface area contributed by atoms with Crippen molar-refractivity contribution in [2.75, 3.05) is 0 Å². The summed E-state index contributed by atoms with van der Waals surface area (Å²) in [6.07, 6.45) is 0. The Bertz CT molecular complexity index is 749. The van der Waals surface area contributed by atoms with Crippen molar-refractivity contribution in [2.24, 2.45) is 0 Å². The monoisotopic (exact) mass is 334 g/mol. The summed E-state index contributed by atoms with van der Waals surface area (Å²) in [6.45, 7) is 2.10. The van der Waals surface area contributed by atoms with Crippen LogP contribution in [0.15, 0.2) is 46.9 Å². The summed E-state index contributed by atoms with van der Waals surface area (Å²) in [5.41, 5.74) is 4.36. The van der Waals surface area contributed by atoms with Crippen LogP contribution >= 0.6 is 27.5 Å². The first-order valence-electron chi connectivity index (χ1n) is 5.99. The maximum Gasteiger partial charge on any atom is 0.129 e.